The van der Waals surface area contributed by atoms with Crippen LogP contribution in [0.25, 0.3) is 0 Å². The molecule has 0 heterocycles. The number of hydrogen-bond acceptors (Lipinski definition) is 2. The summed E-state index contributed by atoms with van der Waals surface area (Å²) >= 11 is 0. The van der Waals surface area contributed by atoms with E-state index in [1.165, 1.54) is 19.3 Å². The maximum absolute atomic E-state index is 8.80. The fraction of sp³-hybridized carbons (Fsp3) is 1.00. The fourth-order valence-corrected chi connectivity index (χ4v) is 2.82. The van der Waals surface area contributed by atoms with E-state index in [-0.39, 0.29) is 0 Å². The molecule has 0 spiro atoms. The van der Waals surface area contributed by atoms with Crippen molar-refractivity contribution >= 4 is 0 Å². The zero-order chi connectivity index (χ0) is 11.3. The minimum absolute atomic E-state index is 0.321. The van der Waals surface area contributed by atoms with Gasteiger partial charge in [0, 0.05) is 18.7 Å². The van der Waals surface area contributed by atoms with Gasteiger partial charge in [0.15, 0.2) is 0 Å². The number of aliphatic hydroxyl groups is 1. The van der Waals surface area contributed by atoms with Crippen LogP contribution in [0.1, 0.15) is 52.9 Å². The predicted octanol–water partition coefficient (Wildman–Crippen LogP) is 2.56. The van der Waals surface area contributed by atoms with Crippen LogP contribution in [0.5, 0.6) is 0 Å². The third-order valence-corrected chi connectivity index (χ3v) is 3.82. The van der Waals surface area contributed by atoms with E-state index >= 15 is 0 Å². The average molecular weight is 213 g/mol. The molecule has 2 heteroatoms. The summed E-state index contributed by atoms with van der Waals surface area (Å²) in [5.74, 6) is 1.62. The maximum atomic E-state index is 8.80. The molecule has 1 saturated carbocycles. The molecule has 2 nitrogen and oxygen atoms in total. The molecule has 1 fully saturated rings. The Hall–Kier alpha value is -0.0800. The van der Waals surface area contributed by atoms with Gasteiger partial charge in [-0.3, -0.25) is 0 Å². The van der Waals surface area contributed by atoms with Crippen LogP contribution in [-0.4, -0.2) is 23.8 Å². The SMILES string of the molecule is C[C@@H]1CCC[C@H](C)C1N[C@@H](C)CCCO. The summed E-state index contributed by atoms with van der Waals surface area (Å²) in [6, 6.07) is 1.23. The van der Waals surface area contributed by atoms with Gasteiger partial charge in [0.1, 0.15) is 0 Å². The van der Waals surface area contributed by atoms with Gasteiger partial charge in [-0.15, -0.1) is 0 Å². The summed E-state index contributed by atoms with van der Waals surface area (Å²) in [6.07, 6.45) is 6.14. The van der Waals surface area contributed by atoms with E-state index in [1.54, 1.807) is 0 Å². The molecule has 0 bridgehead atoms. The molecule has 2 N–H and O–H groups in total. The van der Waals surface area contributed by atoms with Crippen molar-refractivity contribution in [2.75, 3.05) is 6.61 Å². The van der Waals surface area contributed by atoms with E-state index in [1.807, 2.05) is 0 Å². The Morgan fingerprint density at radius 1 is 1.27 bits per heavy atom. The van der Waals surface area contributed by atoms with Gasteiger partial charge in [0.2, 0.25) is 0 Å². The molecule has 0 aromatic rings. The third kappa shape index (κ3) is 4.12. The lowest BCUT2D eigenvalue weighted by Crippen LogP contribution is -2.46. The first-order valence-corrected chi connectivity index (χ1v) is 6.52. The average Bonchev–Trinajstić information content (AvgIpc) is 2.21. The summed E-state index contributed by atoms with van der Waals surface area (Å²) in [7, 11) is 0. The highest BCUT2D eigenvalue weighted by Gasteiger charge is 2.28. The summed E-state index contributed by atoms with van der Waals surface area (Å²) in [6.45, 7) is 7.30. The first kappa shape index (κ1) is 13.0. The molecular weight excluding hydrogens is 186 g/mol. The molecular formula is C13H27NO. The summed E-state index contributed by atoms with van der Waals surface area (Å²) in [5.41, 5.74) is 0. The number of rotatable bonds is 5. The molecule has 0 aromatic carbocycles. The van der Waals surface area contributed by atoms with E-state index in [0.717, 1.165) is 24.7 Å². The number of nitrogens with one attached hydrogen (secondary N) is 1. The molecule has 15 heavy (non-hydrogen) atoms. The maximum Gasteiger partial charge on any atom is 0.0431 e. The van der Waals surface area contributed by atoms with Crippen LogP contribution in [-0.2, 0) is 0 Å². The second kappa shape index (κ2) is 6.49. The van der Waals surface area contributed by atoms with Gasteiger partial charge in [0.05, 0.1) is 0 Å². The summed E-state index contributed by atoms with van der Waals surface area (Å²) in [4.78, 5) is 0. The van der Waals surface area contributed by atoms with Crippen LogP contribution in [0, 0.1) is 11.8 Å². The van der Waals surface area contributed by atoms with Gasteiger partial charge in [-0.25, -0.2) is 0 Å². The van der Waals surface area contributed by atoms with Crippen LogP contribution in [0.15, 0.2) is 0 Å². The van der Waals surface area contributed by atoms with E-state index in [9.17, 15) is 0 Å². The smallest absolute Gasteiger partial charge is 0.0431 e. The van der Waals surface area contributed by atoms with Gasteiger partial charge >= 0.3 is 0 Å². The fourth-order valence-electron chi connectivity index (χ4n) is 2.82. The van der Waals surface area contributed by atoms with Crippen molar-refractivity contribution in [3.8, 4) is 0 Å². The highest BCUT2D eigenvalue weighted by atomic mass is 16.2. The van der Waals surface area contributed by atoms with Crippen LogP contribution < -0.4 is 5.32 Å². The molecule has 1 unspecified atom stereocenters. The van der Waals surface area contributed by atoms with Crippen LogP contribution in [0.2, 0.25) is 0 Å². The zero-order valence-electron chi connectivity index (χ0n) is 10.5. The molecule has 1 aliphatic rings. The van der Waals surface area contributed by atoms with Gasteiger partial charge in [-0.2, -0.15) is 0 Å². The topological polar surface area (TPSA) is 32.3 Å². The molecule has 1 aliphatic carbocycles. The van der Waals surface area contributed by atoms with Crippen LogP contribution in [0.3, 0.4) is 0 Å². The molecule has 4 atom stereocenters. The standard InChI is InChI=1S/C13H27NO/c1-10-6-4-7-11(2)13(10)14-12(3)8-5-9-15/h10-15H,4-9H2,1-3H3/t10-,11+,12-,13?/m0/s1. The zero-order valence-corrected chi connectivity index (χ0v) is 10.5. The van der Waals surface area contributed by atoms with E-state index in [0.29, 0.717) is 18.7 Å². The number of hydrogen-bond donors (Lipinski definition) is 2. The highest BCUT2D eigenvalue weighted by Crippen LogP contribution is 2.29. The van der Waals surface area contributed by atoms with Crippen molar-refractivity contribution in [2.24, 2.45) is 11.8 Å². The van der Waals surface area contributed by atoms with Crippen molar-refractivity contribution in [3.05, 3.63) is 0 Å². The van der Waals surface area contributed by atoms with Crippen molar-refractivity contribution < 1.29 is 5.11 Å². The number of aliphatic hydroxyl groups excluding tert-OH is 1. The molecule has 0 saturated heterocycles. The van der Waals surface area contributed by atoms with Gasteiger partial charge in [0.25, 0.3) is 0 Å². The second-order valence-electron chi connectivity index (χ2n) is 5.34. The Balaban J connectivity index is 2.33. The molecule has 0 radical (unpaired) electrons. The largest absolute Gasteiger partial charge is 0.396 e. The first-order chi connectivity index (χ1) is 7.15. The first-order valence-electron chi connectivity index (χ1n) is 6.52. The lowest BCUT2D eigenvalue weighted by Gasteiger charge is -2.37. The van der Waals surface area contributed by atoms with Gasteiger partial charge < -0.3 is 10.4 Å². The van der Waals surface area contributed by atoms with Crippen LogP contribution in [0.4, 0.5) is 0 Å². The summed E-state index contributed by atoms with van der Waals surface area (Å²) in [5, 5.41) is 12.5. The van der Waals surface area contributed by atoms with Crippen molar-refractivity contribution in [2.45, 2.75) is 65.0 Å². The van der Waals surface area contributed by atoms with Crippen molar-refractivity contribution in [1.29, 1.82) is 0 Å². The predicted molar refractivity (Wildman–Crippen MR) is 64.9 cm³/mol. The second-order valence-corrected chi connectivity index (χ2v) is 5.34. The Kier molecular flexibility index (Phi) is 5.62. The minimum atomic E-state index is 0.321. The lowest BCUT2D eigenvalue weighted by molar-refractivity contribution is 0.188. The Morgan fingerprint density at radius 2 is 1.87 bits per heavy atom. The monoisotopic (exact) mass is 213 g/mol. The molecule has 0 aromatic heterocycles. The minimum Gasteiger partial charge on any atom is -0.396 e. The molecule has 1 rings (SSSR count). The molecule has 0 aliphatic heterocycles. The van der Waals surface area contributed by atoms with E-state index in [2.05, 4.69) is 26.1 Å². The Morgan fingerprint density at radius 3 is 2.40 bits per heavy atom. The highest BCUT2D eigenvalue weighted by molar-refractivity contribution is 4.84. The quantitative estimate of drug-likeness (QED) is 0.735. The lowest BCUT2D eigenvalue weighted by atomic mass is 9.78. The van der Waals surface area contributed by atoms with Gasteiger partial charge in [-0.05, 0) is 44.4 Å². The van der Waals surface area contributed by atoms with Crippen molar-refractivity contribution in [3.63, 3.8) is 0 Å². The van der Waals surface area contributed by atoms with Crippen LogP contribution >= 0.6 is 0 Å². The molecule has 90 valence electrons. The van der Waals surface area contributed by atoms with Crippen molar-refractivity contribution in [1.82, 2.24) is 5.32 Å². The normalized spacial score (nSPS) is 34.0. The van der Waals surface area contributed by atoms with E-state index < -0.39 is 0 Å². The Labute approximate surface area is 94.5 Å². The third-order valence-electron chi connectivity index (χ3n) is 3.82. The summed E-state index contributed by atoms with van der Waals surface area (Å²) < 4.78 is 0. The van der Waals surface area contributed by atoms with E-state index in [4.69, 9.17) is 5.11 Å². The Bertz CT molecular complexity index is 162. The van der Waals surface area contributed by atoms with Gasteiger partial charge in [-0.1, -0.05) is 20.3 Å². The molecule has 0 amide bonds.